The fourth-order valence-corrected chi connectivity index (χ4v) is 1.02. The molecule has 0 amide bonds. The van der Waals surface area contributed by atoms with Crippen molar-refractivity contribution in [2.75, 3.05) is 7.11 Å². The molecular weight excluding hydrogens is 100 g/mol. The Kier molecular flexibility index (Phi) is 1.56. The van der Waals surface area contributed by atoms with Crippen LogP contribution in [0.5, 0.6) is 0 Å². The van der Waals surface area contributed by atoms with Crippen LogP contribution in [0.4, 0.5) is 0 Å². The van der Waals surface area contributed by atoms with Crippen molar-refractivity contribution in [2.24, 2.45) is 5.92 Å². The molecule has 0 saturated carbocycles. The molecule has 1 aliphatic carbocycles. The average molecular weight is 112 g/mol. The maximum atomic E-state index is 5.04. The predicted octanol–water partition coefficient (Wildman–Crippen LogP) is 1.95. The highest BCUT2D eigenvalue weighted by atomic mass is 16.5. The van der Waals surface area contributed by atoms with E-state index in [1.807, 2.05) is 0 Å². The van der Waals surface area contributed by atoms with E-state index in [1.165, 1.54) is 6.42 Å². The van der Waals surface area contributed by atoms with Crippen LogP contribution >= 0.6 is 0 Å². The van der Waals surface area contributed by atoms with E-state index >= 15 is 0 Å². The normalized spacial score (nSPS) is 27.8. The van der Waals surface area contributed by atoms with Crippen LogP contribution in [0.2, 0.25) is 0 Å². The minimum Gasteiger partial charge on any atom is -0.501 e. The topological polar surface area (TPSA) is 9.23 Å². The molecule has 0 aromatic carbocycles. The van der Waals surface area contributed by atoms with Crippen LogP contribution in [0.15, 0.2) is 11.8 Å². The summed E-state index contributed by atoms with van der Waals surface area (Å²) in [5.74, 6) is 1.91. The van der Waals surface area contributed by atoms with Gasteiger partial charge in [-0.05, 0) is 18.4 Å². The van der Waals surface area contributed by atoms with Gasteiger partial charge >= 0.3 is 0 Å². The van der Waals surface area contributed by atoms with Crippen molar-refractivity contribution in [1.29, 1.82) is 0 Å². The third-order valence-electron chi connectivity index (χ3n) is 1.58. The van der Waals surface area contributed by atoms with Gasteiger partial charge in [-0.2, -0.15) is 0 Å². The maximum absolute atomic E-state index is 5.04. The smallest absolute Gasteiger partial charge is 0.0918 e. The standard InChI is InChI=1S/C7H12O/c1-6-3-4-7(5-6)8-2/h5-6H,3-4H2,1-2H3. The van der Waals surface area contributed by atoms with Crippen molar-refractivity contribution < 1.29 is 4.74 Å². The van der Waals surface area contributed by atoms with Crippen LogP contribution in [0, 0.1) is 5.92 Å². The molecule has 0 fully saturated rings. The molecule has 8 heavy (non-hydrogen) atoms. The second-order valence-corrected chi connectivity index (χ2v) is 2.35. The summed E-state index contributed by atoms with van der Waals surface area (Å²) < 4.78 is 5.04. The molecule has 0 bridgehead atoms. The molecule has 1 atom stereocenters. The first-order valence-electron chi connectivity index (χ1n) is 3.07. The number of hydrogen-bond acceptors (Lipinski definition) is 1. The molecule has 0 aliphatic heterocycles. The van der Waals surface area contributed by atoms with Crippen LogP contribution in [-0.4, -0.2) is 7.11 Å². The monoisotopic (exact) mass is 112 g/mol. The van der Waals surface area contributed by atoms with E-state index in [0.29, 0.717) is 0 Å². The SMILES string of the molecule is COC1=CC(C)CC1. The van der Waals surface area contributed by atoms with Crippen LogP contribution in [-0.2, 0) is 4.74 Å². The van der Waals surface area contributed by atoms with E-state index < -0.39 is 0 Å². The van der Waals surface area contributed by atoms with Gasteiger partial charge in [0.05, 0.1) is 12.9 Å². The van der Waals surface area contributed by atoms with Gasteiger partial charge in [0.2, 0.25) is 0 Å². The molecule has 0 aromatic heterocycles. The first-order valence-corrected chi connectivity index (χ1v) is 3.07. The van der Waals surface area contributed by atoms with Gasteiger partial charge in [0, 0.05) is 6.42 Å². The van der Waals surface area contributed by atoms with E-state index in [9.17, 15) is 0 Å². The molecule has 0 spiro atoms. The minimum atomic E-state index is 0.741. The molecule has 1 aliphatic rings. The fraction of sp³-hybridized carbons (Fsp3) is 0.714. The van der Waals surface area contributed by atoms with Crippen molar-refractivity contribution >= 4 is 0 Å². The Labute approximate surface area is 50.3 Å². The first-order chi connectivity index (χ1) is 3.83. The molecule has 1 nitrogen and oxygen atoms in total. The summed E-state index contributed by atoms with van der Waals surface area (Å²) >= 11 is 0. The summed E-state index contributed by atoms with van der Waals surface area (Å²) in [6.45, 7) is 2.21. The first kappa shape index (κ1) is 5.67. The van der Waals surface area contributed by atoms with Gasteiger partial charge in [-0.15, -0.1) is 0 Å². The van der Waals surface area contributed by atoms with E-state index in [0.717, 1.165) is 18.1 Å². The van der Waals surface area contributed by atoms with Gasteiger partial charge in [-0.1, -0.05) is 6.92 Å². The molecule has 0 radical (unpaired) electrons. The Hall–Kier alpha value is -0.460. The molecule has 0 heterocycles. The van der Waals surface area contributed by atoms with E-state index in [2.05, 4.69) is 13.0 Å². The molecule has 0 N–H and O–H groups in total. The van der Waals surface area contributed by atoms with E-state index in [4.69, 9.17) is 4.74 Å². The Morgan fingerprint density at radius 1 is 1.75 bits per heavy atom. The van der Waals surface area contributed by atoms with Crippen LogP contribution in [0.3, 0.4) is 0 Å². The zero-order chi connectivity index (χ0) is 5.98. The van der Waals surface area contributed by atoms with E-state index in [1.54, 1.807) is 7.11 Å². The summed E-state index contributed by atoms with van der Waals surface area (Å²) in [6, 6.07) is 0. The summed E-state index contributed by atoms with van der Waals surface area (Å²) in [4.78, 5) is 0. The highest BCUT2D eigenvalue weighted by molar-refractivity contribution is 5.02. The van der Waals surface area contributed by atoms with Gasteiger partial charge in [0.15, 0.2) is 0 Å². The largest absolute Gasteiger partial charge is 0.501 e. The van der Waals surface area contributed by atoms with Crippen molar-refractivity contribution in [3.8, 4) is 0 Å². The molecule has 46 valence electrons. The Morgan fingerprint density at radius 2 is 2.50 bits per heavy atom. The summed E-state index contributed by atoms with van der Waals surface area (Å²) in [5.41, 5.74) is 0. The van der Waals surface area contributed by atoms with Gasteiger partial charge in [0.25, 0.3) is 0 Å². The zero-order valence-electron chi connectivity index (χ0n) is 5.48. The lowest BCUT2D eigenvalue weighted by Gasteiger charge is -1.94. The number of hydrogen-bond donors (Lipinski definition) is 0. The Balaban J connectivity index is 2.44. The van der Waals surface area contributed by atoms with Crippen molar-refractivity contribution in [3.05, 3.63) is 11.8 Å². The highest BCUT2D eigenvalue weighted by Crippen LogP contribution is 2.22. The van der Waals surface area contributed by atoms with Gasteiger partial charge in [-0.3, -0.25) is 0 Å². The number of methoxy groups -OCH3 is 1. The average Bonchev–Trinajstić information content (AvgIpc) is 2.14. The number of ether oxygens (including phenoxy) is 1. The van der Waals surface area contributed by atoms with Crippen LogP contribution in [0.1, 0.15) is 19.8 Å². The van der Waals surface area contributed by atoms with Gasteiger partial charge in [0.1, 0.15) is 0 Å². The maximum Gasteiger partial charge on any atom is 0.0918 e. The third-order valence-corrected chi connectivity index (χ3v) is 1.58. The quantitative estimate of drug-likeness (QED) is 0.503. The summed E-state index contributed by atoms with van der Waals surface area (Å²) in [5, 5.41) is 0. The number of rotatable bonds is 1. The summed E-state index contributed by atoms with van der Waals surface area (Å²) in [7, 11) is 1.74. The van der Waals surface area contributed by atoms with Crippen LogP contribution < -0.4 is 0 Å². The Morgan fingerprint density at radius 3 is 2.75 bits per heavy atom. The molecule has 1 unspecified atom stereocenters. The number of allylic oxidation sites excluding steroid dienone is 2. The lowest BCUT2D eigenvalue weighted by Crippen LogP contribution is -1.77. The predicted molar refractivity (Wildman–Crippen MR) is 33.5 cm³/mol. The molecule has 0 aromatic rings. The van der Waals surface area contributed by atoms with Gasteiger partial charge < -0.3 is 4.74 Å². The molecule has 0 saturated heterocycles. The van der Waals surface area contributed by atoms with Crippen molar-refractivity contribution in [1.82, 2.24) is 0 Å². The van der Waals surface area contributed by atoms with Crippen molar-refractivity contribution in [2.45, 2.75) is 19.8 Å². The molecule has 1 rings (SSSR count). The molecule has 1 heteroatoms. The Bertz CT molecular complexity index is 105. The van der Waals surface area contributed by atoms with Crippen LogP contribution in [0.25, 0.3) is 0 Å². The third kappa shape index (κ3) is 1.03. The lowest BCUT2D eigenvalue weighted by atomic mass is 10.2. The second-order valence-electron chi connectivity index (χ2n) is 2.35. The lowest BCUT2D eigenvalue weighted by molar-refractivity contribution is 0.282. The van der Waals surface area contributed by atoms with Gasteiger partial charge in [-0.25, -0.2) is 0 Å². The highest BCUT2D eigenvalue weighted by Gasteiger charge is 2.10. The minimum absolute atomic E-state index is 0.741. The van der Waals surface area contributed by atoms with Crippen molar-refractivity contribution in [3.63, 3.8) is 0 Å². The second kappa shape index (κ2) is 2.21. The van der Waals surface area contributed by atoms with E-state index in [-0.39, 0.29) is 0 Å². The molecular formula is C7H12O. The zero-order valence-corrected chi connectivity index (χ0v) is 5.48. The fourth-order valence-electron chi connectivity index (χ4n) is 1.02. The summed E-state index contributed by atoms with van der Waals surface area (Å²) in [6.07, 6.45) is 4.60.